The molecule has 0 unspecified atom stereocenters. The van der Waals surface area contributed by atoms with E-state index in [0.717, 1.165) is 12.3 Å². The third-order valence-corrected chi connectivity index (χ3v) is 6.20. The quantitative estimate of drug-likeness (QED) is 0.506. The number of aromatic nitrogens is 2. The first kappa shape index (κ1) is 24.8. The summed E-state index contributed by atoms with van der Waals surface area (Å²) in [5.41, 5.74) is 1.90. The van der Waals surface area contributed by atoms with Crippen LogP contribution in [0.2, 0.25) is 5.02 Å². The molecule has 1 fully saturated rings. The van der Waals surface area contributed by atoms with Gasteiger partial charge in [-0.15, -0.1) is 0 Å². The highest BCUT2D eigenvalue weighted by atomic mass is 35.5. The molecule has 2 heterocycles. The minimum atomic E-state index is -3.29. The molecule has 1 aliphatic rings. The van der Waals surface area contributed by atoms with Crippen LogP contribution >= 0.6 is 11.6 Å². The van der Waals surface area contributed by atoms with Crippen molar-refractivity contribution in [3.05, 3.63) is 65.1 Å². The summed E-state index contributed by atoms with van der Waals surface area (Å²) < 4.78 is 42.5. The molecular formula is C23H23ClFN5O4S. The number of morpholine rings is 1. The third-order valence-electron chi connectivity index (χ3n) is 5.09. The maximum absolute atomic E-state index is 13.3. The van der Waals surface area contributed by atoms with Crippen molar-refractivity contribution in [2.45, 2.75) is 5.75 Å². The number of hydrogen-bond acceptors (Lipinski definition) is 7. The van der Waals surface area contributed by atoms with Crippen molar-refractivity contribution < 1.29 is 22.3 Å². The summed E-state index contributed by atoms with van der Waals surface area (Å²) in [7, 11) is -3.29. The van der Waals surface area contributed by atoms with Gasteiger partial charge in [-0.25, -0.2) is 27.6 Å². The summed E-state index contributed by atoms with van der Waals surface area (Å²) in [4.78, 5) is 23.4. The molecule has 2 amide bonds. The minimum absolute atomic E-state index is 0.0956. The number of ether oxygens (including phenoxy) is 1. The second kappa shape index (κ2) is 10.5. The van der Waals surface area contributed by atoms with E-state index in [2.05, 4.69) is 20.6 Å². The van der Waals surface area contributed by atoms with Crippen LogP contribution < -0.4 is 15.5 Å². The van der Waals surface area contributed by atoms with E-state index in [9.17, 15) is 17.6 Å². The summed E-state index contributed by atoms with van der Waals surface area (Å²) in [6.45, 7) is 2.42. The SMILES string of the molecule is CS(=O)(=O)Cc1cc(N2CCOCC2)nc(-c2ccc(NC(=O)Nc3ccc(F)c(Cl)c3)cc2)n1. The summed E-state index contributed by atoms with van der Waals surface area (Å²) in [6.07, 6.45) is 1.16. The fourth-order valence-corrected chi connectivity index (χ4v) is 4.34. The molecule has 2 aromatic carbocycles. The molecule has 184 valence electrons. The lowest BCUT2D eigenvalue weighted by Crippen LogP contribution is -2.37. The highest BCUT2D eigenvalue weighted by Crippen LogP contribution is 2.24. The summed E-state index contributed by atoms with van der Waals surface area (Å²) in [5.74, 6) is 0.237. The first-order valence-electron chi connectivity index (χ1n) is 10.7. The van der Waals surface area contributed by atoms with Gasteiger partial charge in [0.1, 0.15) is 11.6 Å². The van der Waals surface area contributed by atoms with Gasteiger partial charge in [0.25, 0.3) is 0 Å². The van der Waals surface area contributed by atoms with Crippen molar-refractivity contribution in [2.24, 2.45) is 0 Å². The Morgan fingerprint density at radius 2 is 1.71 bits per heavy atom. The van der Waals surface area contributed by atoms with Gasteiger partial charge in [-0.1, -0.05) is 11.6 Å². The van der Waals surface area contributed by atoms with Crippen LogP contribution in [0.15, 0.2) is 48.5 Å². The minimum Gasteiger partial charge on any atom is -0.378 e. The first-order chi connectivity index (χ1) is 16.7. The molecule has 35 heavy (non-hydrogen) atoms. The Hall–Kier alpha value is -3.28. The van der Waals surface area contributed by atoms with E-state index in [1.165, 1.54) is 12.1 Å². The van der Waals surface area contributed by atoms with E-state index < -0.39 is 21.7 Å². The Balaban J connectivity index is 1.52. The largest absolute Gasteiger partial charge is 0.378 e. The maximum atomic E-state index is 13.3. The molecular weight excluding hydrogens is 497 g/mol. The van der Waals surface area contributed by atoms with Crippen molar-refractivity contribution in [1.82, 2.24) is 9.97 Å². The predicted molar refractivity (Wildman–Crippen MR) is 133 cm³/mol. The fourth-order valence-electron chi connectivity index (χ4n) is 3.48. The van der Waals surface area contributed by atoms with Gasteiger partial charge in [-0.2, -0.15) is 0 Å². The van der Waals surface area contributed by atoms with E-state index in [0.29, 0.717) is 60.6 Å². The van der Waals surface area contributed by atoms with Crippen LogP contribution in [0.3, 0.4) is 0 Å². The lowest BCUT2D eigenvalue weighted by atomic mass is 10.2. The van der Waals surface area contributed by atoms with Crippen molar-refractivity contribution in [1.29, 1.82) is 0 Å². The molecule has 3 aromatic rings. The van der Waals surface area contributed by atoms with Crippen LogP contribution in [0.4, 0.5) is 26.4 Å². The molecule has 4 rings (SSSR count). The zero-order valence-corrected chi connectivity index (χ0v) is 20.4. The normalized spacial score (nSPS) is 14.0. The lowest BCUT2D eigenvalue weighted by Gasteiger charge is -2.28. The van der Waals surface area contributed by atoms with Gasteiger partial charge < -0.3 is 20.3 Å². The predicted octanol–water partition coefficient (Wildman–Crippen LogP) is 3.96. The van der Waals surface area contributed by atoms with E-state index in [4.69, 9.17) is 16.3 Å². The van der Waals surface area contributed by atoms with Gasteiger partial charge in [-0.05, 0) is 42.5 Å². The Labute approximate surface area is 207 Å². The molecule has 1 aliphatic heterocycles. The lowest BCUT2D eigenvalue weighted by molar-refractivity contribution is 0.122. The van der Waals surface area contributed by atoms with Crippen molar-refractivity contribution in [3.63, 3.8) is 0 Å². The van der Waals surface area contributed by atoms with Crippen LogP contribution in [-0.4, -0.2) is 57.0 Å². The number of nitrogens with zero attached hydrogens (tertiary/aromatic N) is 3. The molecule has 0 radical (unpaired) electrons. The average molecular weight is 520 g/mol. The second-order valence-corrected chi connectivity index (χ2v) is 10.5. The number of sulfone groups is 1. The highest BCUT2D eigenvalue weighted by Gasteiger charge is 2.17. The molecule has 12 heteroatoms. The first-order valence-corrected chi connectivity index (χ1v) is 13.1. The molecule has 1 saturated heterocycles. The van der Waals surface area contributed by atoms with Crippen LogP contribution in [0.5, 0.6) is 0 Å². The highest BCUT2D eigenvalue weighted by molar-refractivity contribution is 7.89. The molecule has 0 saturated carbocycles. The van der Waals surface area contributed by atoms with E-state index >= 15 is 0 Å². The number of anilines is 3. The van der Waals surface area contributed by atoms with Crippen molar-refractivity contribution in [3.8, 4) is 11.4 Å². The van der Waals surface area contributed by atoms with Gasteiger partial charge in [0.05, 0.1) is 29.7 Å². The number of hydrogen-bond donors (Lipinski definition) is 2. The van der Waals surface area contributed by atoms with Crippen molar-refractivity contribution >= 4 is 44.7 Å². The average Bonchev–Trinajstić information content (AvgIpc) is 2.81. The standard InChI is InChI=1S/C23H23ClFN5O4S/c1-35(32,33)14-18-13-21(30-8-10-34-11-9-30)29-22(26-18)15-2-4-16(5-3-15)27-23(31)28-17-6-7-20(25)19(24)12-17/h2-7,12-13H,8-11,14H2,1H3,(H2,27,28,31). The van der Waals surface area contributed by atoms with Crippen LogP contribution in [0.25, 0.3) is 11.4 Å². The summed E-state index contributed by atoms with van der Waals surface area (Å²) in [5, 5.41) is 5.16. The number of nitrogens with one attached hydrogen (secondary N) is 2. The van der Waals surface area contributed by atoms with Gasteiger partial charge in [0, 0.05) is 42.3 Å². The Morgan fingerprint density at radius 3 is 2.37 bits per heavy atom. The smallest absolute Gasteiger partial charge is 0.323 e. The number of halogens is 2. The second-order valence-electron chi connectivity index (χ2n) is 8.00. The molecule has 0 aliphatic carbocycles. The zero-order valence-electron chi connectivity index (χ0n) is 18.8. The van der Waals surface area contributed by atoms with Crippen LogP contribution in [0, 0.1) is 5.82 Å². The molecule has 9 nitrogen and oxygen atoms in total. The topological polar surface area (TPSA) is 114 Å². The molecule has 1 aromatic heterocycles. The molecule has 0 atom stereocenters. The Bertz CT molecular complexity index is 1330. The molecule has 0 bridgehead atoms. The number of carbonyl (C=O) groups is 1. The monoisotopic (exact) mass is 519 g/mol. The number of carbonyl (C=O) groups excluding carboxylic acids is 1. The molecule has 0 spiro atoms. The van der Waals surface area contributed by atoms with E-state index in [1.807, 2.05) is 4.90 Å². The van der Waals surface area contributed by atoms with E-state index in [-0.39, 0.29) is 10.8 Å². The summed E-state index contributed by atoms with van der Waals surface area (Å²) >= 11 is 5.74. The maximum Gasteiger partial charge on any atom is 0.323 e. The Kier molecular flexibility index (Phi) is 7.48. The fraction of sp³-hybridized carbons (Fsp3) is 0.261. The number of rotatable bonds is 6. The third kappa shape index (κ3) is 6.87. The zero-order chi connectivity index (χ0) is 25.0. The van der Waals surface area contributed by atoms with Crippen LogP contribution in [-0.2, 0) is 20.3 Å². The molecule has 2 N–H and O–H groups in total. The van der Waals surface area contributed by atoms with Gasteiger partial charge in [0.15, 0.2) is 15.7 Å². The van der Waals surface area contributed by atoms with Gasteiger partial charge >= 0.3 is 6.03 Å². The van der Waals surface area contributed by atoms with Crippen LogP contribution in [0.1, 0.15) is 5.69 Å². The van der Waals surface area contributed by atoms with Crippen molar-refractivity contribution in [2.75, 3.05) is 48.1 Å². The summed E-state index contributed by atoms with van der Waals surface area (Å²) in [6, 6.07) is 11.8. The number of benzene rings is 2. The number of urea groups is 1. The van der Waals surface area contributed by atoms with Gasteiger partial charge in [-0.3, -0.25) is 0 Å². The van der Waals surface area contributed by atoms with Gasteiger partial charge in [0.2, 0.25) is 0 Å². The van der Waals surface area contributed by atoms with E-state index in [1.54, 1.807) is 30.3 Å². The Morgan fingerprint density at radius 1 is 1.06 bits per heavy atom. The number of amides is 2.